The molecule has 100 valence electrons. The van der Waals surface area contributed by atoms with E-state index >= 15 is 0 Å². The van der Waals surface area contributed by atoms with Crippen LogP contribution in [0.25, 0.3) is 0 Å². The van der Waals surface area contributed by atoms with Gasteiger partial charge < -0.3 is 9.88 Å². The highest BCUT2D eigenvalue weighted by molar-refractivity contribution is 5.34. The molecule has 0 radical (unpaired) electrons. The molecule has 1 atom stereocenters. The summed E-state index contributed by atoms with van der Waals surface area (Å²) in [5.74, 6) is 0. The minimum atomic E-state index is -0.367. The lowest BCUT2D eigenvalue weighted by molar-refractivity contribution is -0.384. The van der Waals surface area contributed by atoms with Crippen LogP contribution in [-0.4, -0.2) is 16.5 Å². The summed E-state index contributed by atoms with van der Waals surface area (Å²) in [7, 11) is 1.92. The summed E-state index contributed by atoms with van der Waals surface area (Å²) in [6.07, 6.45) is 4.04. The zero-order valence-electron chi connectivity index (χ0n) is 11.0. The smallest absolute Gasteiger partial charge is 0.269 e. The van der Waals surface area contributed by atoms with Crippen molar-refractivity contribution in [2.24, 2.45) is 0 Å². The second-order valence-corrected chi connectivity index (χ2v) is 4.55. The highest BCUT2D eigenvalue weighted by atomic mass is 16.6. The quantitative estimate of drug-likeness (QED) is 0.663. The minimum Gasteiger partial charge on any atom is -0.350 e. The SMILES string of the molecule is CNC(C)c1ccn(Cc2cccc([N+](=O)[O-])c2)c1. The Kier molecular flexibility index (Phi) is 3.97. The first-order valence-corrected chi connectivity index (χ1v) is 6.16. The zero-order chi connectivity index (χ0) is 13.8. The number of nitrogens with zero attached hydrogens (tertiary/aromatic N) is 2. The number of rotatable bonds is 5. The highest BCUT2D eigenvalue weighted by Crippen LogP contribution is 2.16. The van der Waals surface area contributed by atoms with Crippen LogP contribution >= 0.6 is 0 Å². The molecule has 1 heterocycles. The van der Waals surface area contributed by atoms with Gasteiger partial charge in [-0.15, -0.1) is 0 Å². The van der Waals surface area contributed by atoms with E-state index in [-0.39, 0.29) is 10.6 Å². The lowest BCUT2D eigenvalue weighted by Gasteiger charge is -2.07. The molecular weight excluding hydrogens is 242 g/mol. The van der Waals surface area contributed by atoms with Crippen LogP contribution in [0.3, 0.4) is 0 Å². The highest BCUT2D eigenvalue weighted by Gasteiger charge is 2.07. The summed E-state index contributed by atoms with van der Waals surface area (Å²) < 4.78 is 2.03. The van der Waals surface area contributed by atoms with E-state index in [0.717, 1.165) is 5.56 Å². The van der Waals surface area contributed by atoms with Crippen molar-refractivity contribution in [2.45, 2.75) is 19.5 Å². The van der Waals surface area contributed by atoms with Gasteiger partial charge in [0.05, 0.1) is 4.92 Å². The third-order valence-corrected chi connectivity index (χ3v) is 3.19. The molecule has 0 amide bonds. The molecule has 0 aliphatic heterocycles. The molecule has 0 aliphatic carbocycles. The Bertz CT molecular complexity index is 578. The van der Waals surface area contributed by atoms with E-state index in [1.165, 1.54) is 11.6 Å². The molecule has 0 bridgehead atoms. The fourth-order valence-electron chi connectivity index (χ4n) is 1.96. The first-order valence-electron chi connectivity index (χ1n) is 6.16. The second-order valence-electron chi connectivity index (χ2n) is 4.55. The number of aromatic nitrogens is 1. The van der Waals surface area contributed by atoms with Crippen molar-refractivity contribution in [2.75, 3.05) is 7.05 Å². The number of hydrogen-bond acceptors (Lipinski definition) is 3. The molecule has 19 heavy (non-hydrogen) atoms. The lowest BCUT2D eigenvalue weighted by atomic mass is 10.2. The Morgan fingerprint density at radius 1 is 1.42 bits per heavy atom. The molecule has 1 unspecified atom stereocenters. The number of hydrogen-bond donors (Lipinski definition) is 1. The standard InChI is InChI=1S/C14H17N3O2/c1-11(15-2)13-6-7-16(10-13)9-12-4-3-5-14(8-12)17(18)19/h3-8,10-11,15H,9H2,1-2H3. The van der Waals surface area contributed by atoms with E-state index in [4.69, 9.17) is 0 Å². The third kappa shape index (κ3) is 3.20. The lowest BCUT2D eigenvalue weighted by Crippen LogP contribution is -2.11. The van der Waals surface area contributed by atoms with E-state index in [0.29, 0.717) is 12.6 Å². The summed E-state index contributed by atoms with van der Waals surface area (Å²) in [5.41, 5.74) is 2.26. The Balaban J connectivity index is 2.15. The summed E-state index contributed by atoms with van der Waals surface area (Å²) in [5, 5.41) is 13.9. The van der Waals surface area contributed by atoms with Gasteiger partial charge >= 0.3 is 0 Å². The molecular formula is C14H17N3O2. The maximum atomic E-state index is 10.7. The van der Waals surface area contributed by atoms with Crippen LogP contribution in [0.4, 0.5) is 5.69 Å². The van der Waals surface area contributed by atoms with Gasteiger partial charge in [-0.05, 0) is 31.2 Å². The van der Waals surface area contributed by atoms with Crippen LogP contribution in [0, 0.1) is 10.1 Å². The van der Waals surface area contributed by atoms with E-state index in [1.807, 2.05) is 23.9 Å². The Hall–Kier alpha value is -2.14. The van der Waals surface area contributed by atoms with Crippen LogP contribution < -0.4 is 5.32 Å². The summed E-state index contributed by atoms with van der Waals surface area (Å²) >= 11 is 0. The van der Waals surface area contributed by atoms with Gasteiger partial charge in [0.25, 0.3) is 5.69 Å². The molecule has 1 aromatic carbocycles. The van der Waals surface area contributed by atoms with E-state index in [2.05, 4.69) is 24.5 Å². The van der Waals surface area contributed by atoms with Crippen LogP contribution in [0.15, 0.2) is 42.7 Å². The average Bonchev–Trinajstić information content (AvgIpc) is 2.86. The van der Waals surface area contributed by atoms with E-state index < -0.39 is 0 Å². The zero-order valence-corrected chi connectivity index (χ0v) is 11.0. The Morgan fingerprint density at radius 2 is 2.21 bits per heavy atom. The van der Waals surface area contributed by atoms with Gasteiger partial charge in [0.1, 0.15) is 0 Å². The summed E-state index contributed by atoms with van der Waals surface area (Å²) in [6.45, 7) is 2.73. The maximum absolute atomic E-state index is 10.7. The second kappa shape index (κ2) is 5.67. The number of nitro groups is 1. The number of nitrogens with one attached hydrogen (secondary N) is 1. The van der Waals surface area contributed by atoms with E-state index in [1.54, 1.807) is 12.1 Å². The largest absolute Gasteiger partial charge is 0.350 e. The molecule has 1 N–H and O–H groups in total. The number of nitro benzene ring substituents is 1. The van der Waals surface area contributed by atoms with Crippen molar-refractivity contribution in [3.05, 3.63) is 64.0 Å². The van der Waals surface area contributed by atoms with Crippen molar-refractivity contribution < 1.29 is 4.92 Å². The predicted molar refractivity (Wildman–Crippen MR) is 74.1 cm³/mol. The monoisotopic (exact) mass is 259 g/mol. The fourth-order valence-corrected chi connectivity index (χ4v) is 1.96. The van der Waals surface area contributed by atoms with Crippen molar-refractivity contribution in [1.29, 1.82) is 0 Å². The minimum absolute atomic E-state index is 0.133. The van der Waals surface area contributed by atoms with Gasteiger partial charge in [-0.2, -0.15) is 0 Å². The summed E-state index contributed by atoms with van der Waals surface area (Å²) in [6, 6.07) is 9.08. The Labute approximate surface area is 112 Å². The molecule has 0 saturated heterocycles. The third-order valence-electron chi connectivity index (χ3n) is 3.19. The van der Waals surface area contributed by atoms with Gasteiger partial charge in [-0.1, -0.05) is 12.1 Å². The predicted octanol–water partition coefficient (Wildman–Crippen LogP) is 2.73. The number of benzene rings is 1. The van der Waals surface area contributed by atoms with Crippen molar-refractivity contribution in [3.8, 4) is 0 Å². The van der Waals surface area contributed by atoms with Gasteiger partial charge in [0.2, 0.25) is 0 Å². The van der Waals surface area contributed by atoms with Crippen molar-refractivity contribution >= 4 is 5.69 Å². The molecule has 0 aliphatic rings. The molecule has 5 heteroatoms. The van der Waals surface area contributed by atoms with Crippen LogP contribution in [0.1, 0.15) is 24.1 Å². The molecule has 2 aromatic rings. The fraction of sp³-hybridized carbons (Fsp3) is 0.286. The molecule has 2 rings (SSSR count). The number of non-ortho nitro benzene ring substituents is 1. The molecule has 0 fully saturated rings. The maximum Gasteiger partial charge on any atom is 0.269 e. The van der Waals surface area contributed by atoms with Crippen LogP contribution in [-0.2, 0) is 6.54 Å². The van der Waals surface area contributed by atoms with Gasteiger partial charge in [0.15, 0.2) is 0 Å². The molecule has 0 spiro atoms. The Morgan fingerprint density at radius 3 is 2.89 bits per heavy atom. The van der Waals surface area contributed by atoms with Crippen LogP contribution in [0.2, 0.25) is 0 Å². The van der Waals surface area contributed by atoms with Gasteiger partial charge in [0, 0.05) is 37.1 Å². The van der Waals surface area contributed by atoms with Gasteiger partial charge in [-0.25, -0.2) is 0 Å². The first kappa shape index (κ1) is 13.3. The van der Waals surface area contributed by atoms with E-state index in [9.17, 15) is 10.1 Å². The first-order chi connectivity index (χ1) is 9.10. The molecule has 1 aromatic heterocycles. The average molecular weight is 259 g/mol. The van der Waals surface area contributed by atoms with Gasteiger partial charge in [-0.3, -0.25) is 10.1 Å². The van der Waals surface area contributed by atoms with Crippen molar-refractivity contribution in [3.63, 3.8) is 0 Å². The van der Waals surface area contributed by atoms with Crippen molar-refractivity contribution in [1.82, 2.24) is 9.88 Å². The molecule has 0 saturated carbocycles. The normalized spacial score (nSPS) is 12.3. The topological polar surface area (TPSA) is 60.1 Å². The van der Waals surface area contributed by atoms with Crippen LogP contribution in [0.5, 0.6) is 0 Å². The molecule has 5 nitrogen and oxygen atoms in total. The summed E-state index contributed by atoms with van der Waals surface area (Å²) in [4.78, 5) is 10.4.